The number of piperidine rings is 1. The van der Waals surface area contributed by atoms with E-state index in [-0.39, 0.29) is 0 Å². The Balaban J connectivity index is 1.48. The Kier molecular flexibility index (Phi) is 5.55. The summed E-state index contributed by atoms with van der Waals surface area (Å²) in [6.07, 6.45) is 3.57. The van der Waals surface area contributed by atoms with Crippen molar-refractivity contribution in [2.45, 2.75) is 51.5 Å². The lowest BCUT2D eigenvalue weighted by Gasteiger charge is -2.39. The van der Waals surface area contributed by atoms with E-state index in [0.29, 0.717) is 12.2 Å². The summed E-state index contributed by atoms with van der Waals surface area (Å²) in [5, 5.41) is 0. The standard InChI is InChI=1S/C18H27BrN2O/c1-14-11-21(12-15(2)22-14)18-7-9-20(10-8-18)13-16-3-5-17(19)6-4-16/h3-6,14-15,18H,7-13H2,1-2H3/p+2/t14-,15-/m0/s1. The summed E-state index contributed by atoms with van der Waals surface area (Å²) in [6, 6.07) is 9.66. The van der Waals surface area contributed by atoms with Crippen LogP contribution in [0.1, 0.15) is 32.3 Å². The van der Waals surface area contributed by atoms with Crippen LogP contribution in [0.2, 0.25) is 0 Å². The fourth-order valence-corrected chi connectivity index (χ4v) is 4.41. The van der Waals surface area contributed by atoms with Crippen molar-refractivity contribution >= 4 is 15.9 Å². The molecule has 1 aromatic carbocycles. The number of nitrogens with one attached hydrogen (secondary N) is 2. The SMILES string of the molecule is C[C@H]1C[NH+](C2CC[NH+](Cc3ccc(Br)cc3)CC2)C[C@H](C)O1. The number of quaternary nitrogens is 2. The molecule has 22 heavy (non-hydrogen) atoms. The van der Waals surface area contributed by atoms with E-state index in [9.17, 15) is 0 Å². The molecule has 0 saturated carbocycles. The minimum Gasteiger partial charge on any atom is -0.364 e. The Morgan fingerprint density at radius 3 is 2.23 bits per heavy atom. The number of halogens is 1. The van der Waals surface area contributed by atoms with Gasteiger partial charge in [-0.1, -0.05) is 28.1 Å². The van der Waals surface area contributed by atoms with Crippen LogP contribution >= 0.6 is 15.9 Å². The van der Waals surface area contributed by atoms with Crippen LogP contribution in [0.5, 0.6) is 0 Å². The Hall–Kier alpha value is -0.420. The van der Waals surface area contributed by atoms with Gasteiger partial charge in [0.2, 0.25) is 0 Å². The Labute approximate surface area is 142 Å². The minimum atomic E-state index is 0.423. The summed E-state index contributed by atoms with van der Waals surface area (Å²) >= 11 is 3.51. The number of morpholine rings is 1. The molecule has 0 unspecified atom stereocenters. The van der Waals surface area contributed by atoms with Gasteiger partial charge in [-0.3, -0.25) is 0 Å². The average Bonchev–Trinajstić information content (AvgIpc) is 2.49. The molecule has 2 heterocycles. The molecule has 3 rings (SSSR count). The van der Waals surface area contributed by atoms with Gasteiger partial charge in [0.1, 0.15) is 31.8 Å². The van der Waals surface area contributed by atoms with E-state index in [0.717, 1.165) is 6.04 Å². The molecule has 0 amide bonds. The van der Waals surface area contributed by atoms with Crippen LogP contribution < -0.4 is 9.80 Å². The van der Waals surface area contributed by atoms with E-state index in [2.05, 4.69) is 54.0 Å². The highest BCUT2D eigenvalue weighted by molar-refractivity contribution is 9.10. The summed E-state index contributed by atoms with van der Waals surface area (Å²) in [7, 11) is 0. The van der Waals surface area contributed by atoms with Gasteiger partial charge in [0, 0.05) is 22.9 Å². The molecule has 0 aliphatic carbocycles. The lowest BCUT2D eigenvalue weighted by Crippen LogP contribution is -3.22. The monoisotopic (exact) mass is 368 g/mol. The highest BCUT2D eigenvalue weighted by Gasteiger charge is 2.34. The molecular formula is C18H29BrN2O+2. The predicted molar refractivity (Wildman–Crippen MR) is 92.3 cm³/mol. The molecule has 0 spiro atoms. The van der Waals surface area contributed by atoms with Crippen molar-refractivity contribution in [2.75, 3.05) is 26.2 Å². The number of hydrogen-bond acceptors (Lipinski definition) is 1. The fraction of sp³-hybridized carbons (Fsp3) is 0.667. The maximum absolute atomic E-state index is 5.89. The first kappa shape index (κ1) is 16.4. The van der Waals surface area contributed by atoms with Gasteiger partial charge in [-0.05, 0) is 26.0 Å². The van der Waals surface area contributed by atoms with Crippen molar-refractivity contribution in [2.24, 2.45) is 0 Å². The van der Waals surface area contributed by atoms with Crippen LogP contribution in [0.15, 0.2) is 28.7 Å². The van der Waals surface area contributed by atoms with Gasteiger partial charge in [0.15, 0.2) is 0 Å². The maximum atomic E-state index is 5.89. The van der Waals surface area contributed by atoms with Crippen LogP contribution in [0.4, 0.5) is 0 Å². The zero-order valence-electron chi connectivity index (χ0n) is 13.8. The van der Waals surface area contributed by atoms with E-state index >= 15 is 0 Å². The molecule has 1 aromatic rings. The Morgan fingerprint density at radius 1 is 1.05 bits per heavy atom. The lowest BCUT2D eigenvalue weighted by molar-refractivity contribution is -0.970. The zero-order chi connectivity index (χ0) is 15.5. The second-order valence-corrected chi connectivity index (χ2v) is 8.07. The molecule has 0 aromatic heterocycles. The molecule has 3 nitrogen and oxygen atoms in total. The summed E-state index contributed by atoms with van der Waals surface area (Å²) < 4.78 is 7.06. The van der Waals surface area contributed by atoms with Gasteiger partial charge in [-0.25, -0.2) is 0 Å². The normalized spacial score (nSPS) is 36.2. The molecule has 2 aliphatic rings. The number of benzene rings is 1. The van der Waals surface area contributed by atoms with Crippen molar-refractivity contribution in [3.63, 3.8) is 0 Å². The van der Waals surface area contributed by atoms with Crippen LogP contribution in [-0.4, -0.2) is 44.4 Å². The number of rotatable bonds is 3. The first-order valence-electron chi connectivity index (χ1n) is 8.68. The highest BCUT2D eigenvalue weighted by atomic mass is 79.9. The summed E-state index contributed by atoms with van der Waals surface area (Å²) in [4.78, 5) is 3.53. The number of ether oxygens (including phenoxy) is 1. The quantitative estimate of drug-likeness (QED) is 0.803. The third-order valence-electron chi connectivity index (χ3n) is 5.20. The maximum Gasteiger partial charge on any atom is 0.104 e. The zero-order valence-corrected chi connectivity index (χ0v) is 15.4. The number of likely N-dealkylation sites (tertiary alicyclic amines) is 1. The first-order chi connectivity index (χ1) is 10.6. The first-order valence-corrected chi connectivity index (χ1v) is 9.47. The van der Waals surface area contributed by atoms with Crippen LogP contribution in [0.3, 0.4) is 0 Å². The van der Waals surface area contributed by atoms with E-state index in [1.165, 1.54) is 55.6 Å². The van der Waals surface area contributed by atoms with E-state index in [4.69, 9.17) is 4.74 Å². The summed E-state index contributed by atoms with van der Waals surface area (Å²) in [6.45, 7) is 10.6. The lowest BCUT2D eigenvalue weighted by atomic mass is 10.0. The molecule has 2 atom stereocenters. The molecule has 2 N–H and O–H groups in total. The minimum absolute atomic E-state index is 0.423. The molecule has 2 fully saturated rings. The van der Waals surface area contributed by atoms with Gasteiger partial charge in [0.25, 0.3) is 0 Å². The smallest absolute Gasteiger partial charge is 0.104 e. The second kappa shape index (κ2) is 7.43. The molecule has 0 bridgehead atoms. The van der Waals surface area contributed by atoms with Crippen LogP contribution in [-0.2, 0) is 11.3 Å². The largest absolute Gasteiger partial charge is 0.364 e. The van der Waals surface area contributed by atoms with Crippen molar-refractivity contribution in [1.82, 2.24) is 0 Å². The van der Waals surface area contributed by atoms with E-state index in [1.807, 2.05) is 0 Å². The molecular weight excluding hydrogens is 340 g/mol. The fourth-order valence-electron chi connectivity index (χ4n) is 4.15. The van der Waals surface area contributed by atoms with Crippen molar-refractivity contribution in [1.29, 1.82) is 0 Å². The van der Waals surface area contributed by atoms with E-state index in [1.54, 1.807) is 9.80 Å². The topological polar surface area (TPSA) is 18.1 Å². The molecule has 0 radical (unpaired) electrons. The van der Waals surface area contributed by atoms with Crippen LogP contribution in [0, 0.1) is 0 Å². The Morgan fingerprint density at radius 2 is 1.64 bits per heavy atom. The third kappa shape index (κ3) is 4.31. The highest BCUT2D eigenvalue weighted by Crippen LogP contribution is 2.10. The average molecular weight is 369 g/mol. The van der Waals surface area contributed by atoms with Crippen molar-refractivity contribution < 1.29 is 14.5 Å². The summed E-state index contributed by atoms with van der Waals surface area (Å²) in [5.41, 5.74) is 1.46. The molecule has 4 heteroatoms. The van der Waals surface area contributed by atoms with Gasteiger partial charge >= 0.3 is 0 Å². The van der Waals surface area contributed by atoms with Gasteiger partial charge in [-0.15, -0.1) is 0 Å². The third-order valence-corrected chi connectivity index (χ3v) is 5.73. The van der Waals surface area contributed by atoms with Gasteiger partial charge in [-0.2, -0.15) is 0 Å². The molecule has 2 saturated heterocycles. The Bertz CT molecular complexity index is 460. The molecule has 122 valence electrons. The molecule has 2 aliphatic heterocycles. The second-order valence-electron chi connectivity index (χ2n) is 7.15. The van der Waals surface area contributed by atoms with Gasteiger partial charge in [0.05, 0.1) is 19.1 Å². The number of hydrogen-bond donors (Lipinski definition) is 2. The summed E-state index contributed by atoms with van der Waals surface area (Å²) in [5.74, 6) is 0. The van der Waals surface area contributed by atoms with Crippen LogP contribution in [0.25, 0.3) is 0 Å². The van der Waals surface area contributed by atoms with Gasteiger partial charge < -0.3 is 14.5 Å². The van der Waals surface area contributed by atoms with Crippen molar-refractivity contribution in [3.8, 4) is 0 Å². The van der Waals surface area contributed by atoms with E-state index < -0.39 is 0 Å². The predicted octanol–water partition coefficient (Wildman–Crippen LogP) is 0.689. The van der Waals surface area contributed by atoms with Crippen molar-refractivity contribution in [3.05, 3.63) is 34.3 Å².